The monoisotopic (exact) mass is 284 g/mol. The quantitative estimate of drug-likeness (QED) is 0.872. The van der Waals surface area contributed by atoms with Gasteiger partial charge in [-0.05, 0) is 31.9 Å². The summed E-state index contributed by atoms with van der Waals surface area (Å²) in [6.45, 7) is 0.705. The molecule has 1 aliphatic heterocycles. The summed E-state index contributed by atoms with van der Waals surface area (Å²) in [6.07, 6.45) is 3.33. The summed E-state index contributed by atoms with van der Waals surface area (Å²) >= 11 is 0. The van der Waals surface area contributed by atoms with Gasteiger partial charge in [0.1, 0.15) is 5.75 Å². The lowest BCUT2D eigenvalue weighted by molar-refractivity contribution is -0.0512. The van der Waals surface area contributed by atoms with Gasteiger partial charge in [0.05, 0.1) is 6.04 Å². The predicted octanol–water partition coefficient (Wildman–Crippen LogP) is 3.16. The van der Waals surface area contributed by atoms with E-state index in [1.54, 1.807) is 12.1 Å². The third-order valence-corrected chi connectivity index (χ3v) is 4.01. The fourth-order valence-corrected chi connectivity index (χ4v) is 3.11. The van der Waals surface area contributed by atoms with Gasteiger partial charge in [0.2, 0.25) is 0 Å². The van der Waals surface area contributed by atoms with Crippen LogP contribution >= 0.6 is 0 Å². The standard InChI is InChI=1S/C15H22F2N2O/c1-2-11-6-5-9-19(11)13(10-18)12-7-3-4-8-14(12)20-15(16)17/h3-4,7-8,11,13,15H,2,5-6,9-10,18H2,1H3. The molecule has 1 heterocycles. The minimum atomic E-state index is -2.81. The van der Waals surface area contributed by atoms with Crippen LogP contribution in [0.4, 0.5) is 8.78 Å². The van der Waals surface area contributed by atoms with E-state index >= 15 is 0 Å². The Morgan fingerprint density at radius 3 is 2.80 bits per heavy atom. The Labute approximate surface area is 118 Å². The van der Waals surface area contributed by atoms with E-state index in [9.17, 15) is 8.78 Å². The van der Waals surface area contributed by atoms with Crippen molar-refractivity contribution in [2.45, 2.75) is 44.9 Å². The van der Waals surface area contributed by atoms with E-state index in [1.165, 1.54) is 0 Å². The first kappa shape index (κ1) is 15.2. The first-order valence-electron chi connectivity index (χ1n) is 7.17. The van der Waals surface area contributed by atoms with Crippen molar-refractivity contribution in [2.24, 2.45) is 5.73 Å². The lowest BCUT2D eigenvalue weighted by Gasteiger charge is -2.33. The largest absolute Gasteiger partial charge is 0.434 e. The Morgan fingerprint density at radius 2 is 2.15 bits per heavy atom. The molecule has 2 unspecified atom stereocenters. The maximum absolute atomic E-state index is 12.5. The van der Waals surface area contributed by atoms with Crippen LogP contribution in [-0.2, 0) is 0 Å². The van der Waals surface area contributed by atoms with Crippen LogP contribution < -0.4 is 10.5 Å². The van der Waals surface area contributed by atoms with E-state index < -0.39 is 6.61 Å². The predicted molar refractivity (Wildman–Crippen MR) is 74.9 cm³/mol. The van der Waals surface area contributed by atoms with Crippen LogP contribution in [0.25, 0.3) is 0 Å². The molecule has 3 nitrogen and oxygen atoms in total. The molecule has 0 saturated carbocycles. The van der Waals surface area contributed by atoms with Gasteiger partial charge >= 0.3 is 6.61 Å². The van der Waals surface area contributed by atoms with Gasteiger partial charge in [0, 0.05) is 18.2 Å². The fraction of sp³-hybridized carbons (Fsp3) is 0.600. The number of likely N-dealkylation sites (tertiary alicyclic amines) is 1. The first-order chi connectivity index (χ1) is 9.67. The number of benzene rings is 1. The topological polar surface area (TPSA) is 38.5 Å². The van der Waals surface area contributed by atoms with Gasteiger partial charge in [-0.3, -0.25) is 4.90 Å². The highest BCUT2D eigenvalue weighted by Crippen LogP contribution is 2.35. The lowest BCUT2D eigenvalue weighted by atomic mass is 10.0. The second kappa shape index (κ2) is 6.99. The zero-order valence-corrected chi connectivity index (χ0v) is 11.8. The average Bonchev–Trinajstić information content (AvgIpc) is 2.89. The van der Waals surface area contributed by atoms with Crippen molar-refractivity contribution in [1.82, 2.24) is 4.90 Å². The molecule has 1 aromatic rings. The van der Waals surface area contributed by atoms with Crippen molar-refractivity contribution in [1.29, 1.82) is 0 Å². The van der Waals surface area contributed by atoms with E-state index in [1.807, 2.05) is 12.1 Å². The Kier molecular flexibility index (Phi) is 5.31. The molecule has 0 spiro atoms. The Balaban J connectivity index is 2.27. The molecule has 20 heavy (non-hydrogen) atoms. The van der Waals surface area contributed by atoms with Crippen LogP contribution in [0.15, 0.2) is 24.3 Å². The molecule has 5 heteroatoms. The Hall–Kier alpha value is -1.20. The van der Waals surface area contributed by atoms with Gasteiger partial charge in [-0.25, -0.2) is 0 Å². The molecule has 1 saturated heterocycles. The van der Waals surface area contributed by atoms with Gasteiger partial charge in [-0.2, -0.15) is 8.78 Å². The summed E-state index contributed by atoms with van der Waals surface area (Å²) in [5, 5.41) is 0. The number of halogens is 2. The summed E-state index contributed by atoms with van der Waals surface area (Å²) < 4.78 is 29.7. The molecular formula is C15H22F2N2O. The lowest BCUT2D eigenvalue weighted by Crippen LogP contribution is -2.37. The van der Waals surface area contributed by atoms with Gasteiger partial charge in [0.15, 0.2) is 0 Å². The van der Waals surface area contributed by atoms with Crippen molar-refractivity contribution in [2.75, 3.05) is 13.1 Å². The van der Waals surface area contributed by atoms with Crippen LogP contribution in [0.2, 0.25) is 0 Å². The smallest absolute Gasteiger partial charge is 0.387 e. The van der Waals surface area contributed by atoms with Gasteiger partial charge in [-0.1, -0.05) is 25.1 Å². The summed E-state index contributed by atoms with van der Waals surface area (Å²) in [5.74, 6) is 0.236. The zero-order chi connectivity index (χ0) is 14.5. The molecule has 0 bridgehead atoms. The summed E-state index contributed by atoms with van der Waals surface area (Å²) in [5.41, 5.74) is 6.68. The van der Waals surface area contributed by atoms with Gasteiger partial charge < -0.3 is 10.5 Å². The number of nitrogens with two attached hydrogens (primary N) is 1. The van der Waals surface area contributed by atoms with Crippen LogP contribution in [-0.4, -0.2) is 30.6 Å². The van der Waals surface area contributed by atoms with E-state index in [0.29, 0.717) is 12.6 Å². The van der Waals surface area contributed by atoms with Gasteiger partial charge in [-0.15, -0.1) is 0 Å². The highest BCUT2D eigenvalue weighted by atomic mass is 19.3. The Morgan fingerprint density at radius 1 is 1.40 bits per heavy atom. The molecule has 2 atom stereocenters. The number of alkyl halides is 2. The highest BCUT2D eigenvalue weighted by Gasteiger charge is 2.31. The van der Waals surface area contributed by atoms with E-state index in [0.717, 1.165) is 31.4 Å². The fourth-order valence-electron chi connectivity index (χ4n) is 3.11. The van der Waals surface area contributed by atoms with Crippen molar-refractivity contribution >= 4 is 0 Å². The van der Waals surface area contributed by atoms with E-state index in [4.69, 9.17) is 5.73 Å². The number of hydrogen-bond acceptors (Lipinski definition) is 3. The summed E-state index contributed by atoms with van der Waals surface area (Å²) in [6, 6.07) is 7.38. The minimum absolute atomic E-state index is 0.0580. The third kappa shape index (κ3) is 3.27. The van der Waals surface area contributed by atoms with Crippen molar-refractivity contribution < 1.29 is 13.5 Å². The second-order valence-electron chi connectivity index (χ2n) is 5.11. The molecule has 2 rings (SSSR count). The van der Waals surface area contributed by atoms with Crippen molar-refractivity contribution in [3.05, 3.63) is 29.8 Å². The SMILES string of the molecule is CCC1CCCN1C(CN)c1ccccc1OC(F)F. The first-order valence-corrected chi connectivity index (χ1v) is 7.17. The van der Waals surface area contributed by atoms with Crippen LogP contribution in [0, 0.1) is 0 Å². The van der Waals surface area contributed by atoms with Crippen LogP contribution in [0.1, 0.15) is 37.8 Å². The summed E-state index contributed by atoms with van der Waals surface area (Å²) in [7, 11) is 0. The maximum Gasteiger partial charge on any atom is 0.387 e. The van der Waals surface area contributed by atoms with Crippen LogP contribution in [0.3, 0.4) is 0 Å². The van der Waals surface area contributed by atoms with E-state index in [-0.39, 0.29) is 11.8 Å². The number of para-hydroxylation sites is 1. The minimum Gasteiger partial charge on any atom is -0.434 e. The molecule has 0 aromatic heterocycles. The highest BCUT2D eigenvalue weighted by molar-refractivity contribution is 5.36. The number of hydrogen-bond donors (Lipinski definition) is 1. The normalized spacial score (nSPS) is 21.4. The molecule has 1 fully saturated rings. The molecule has 0 amide bonds. The maximum atomic E-state index is 12.5. The van der Waals surface area contributed by atoms with Crippen molar-refractivity contribution in [3.8, 4) is 5.75 Å². The molecule has 112 valence electrons. The summed E-state index contributed by atoms with van der Waals surface area (Å²) in [4.78, 5) is 2.33. The molecule has 2 N–H and O–H groups in total. The number of nitrogens with zero attached hydrogens (tertiary/aromatic N) is 1. The van der Waals surface area contributed by atoms with Crippen LogP contribution in [0.5, 0.6) is 5.75 Å². The third-order valence-electron chi connectivity index (χ3n) is 4.01. The van der Waals surface area contributed by atoms with E-state index in [2.05, 4.69) is 16.6 Å². The zero-order valence-electron chi connectivity index (χ0n) is 11.8. The molecule has 1 aromatic carbocycles. The molecule has 1 aliphatic rings. The molecular weight excluding hydrogens is 262 g/mol. The molecule has 0 radical (unpaired) electrons. The van der Waals surface area contributed by atoms with Crippen molar-refractivity contribution in [3.63, 3.8) is 0 Å². The molecule has 0 aliphatic carbocycles. The number of rotatable bonds is 6. The second-order valence-corrected chi connectivity index (χ2v) is 5.11. The van der Waals surface area contributed by atoms with Gasteiger partial charge in [0.25, 0.3) is 0 Å². The number of ether oxygens (including phenoxy) is 1. The Bertz CT molecular complexity index is 428. The average molecular weight is 284 g/mol.